The van der Waals surface area contributed by atoms with Crippen LogP contribution >= 0.6 is 0 Å². The predicted molar refractivity (Wildman–Crippen MR) is 101 cm³/mol. The van der Waals surface area contributed by atoms with Crippen LogP contribution in [-0.2, 0) is 11.2 Å². The Kier molecular flexibility index (Phi) is 5.91. The van der Waals surface area contributed by atoms with Crippen molar-refractivity contribution in [1.29, 1.82) is 0 Å². The van der Waals surface area contributed by atoms with Gasteiger partial charge in [-0.1, -0.05) is 6.42 Å². The average Bonchev–Trinajstić information content (AvgIpc) is 2.66. The molecule has 0 spiro atoms. The Morgan fingerprint density at radius 2 is 2.04 bits per heavy atom. The average molecular weight is 372 g/mol. The highest BCUT2D eigenvalue weighted by atomic mass is 16.3. The maximum Gasteiger partial charge on any atom is 0.224 e. The molecular formula is C20H24N2O5. The first-order chi connectivity index (χ1) is 13.0. The largest absolute Gasteiger partial charge is 0.507 e. The lowest BCUT2D eigenvalue weighted by Gasteiger charge is -2.26. The molecule has 1 aliphatic heterocycles. The summed E-state index contributed by atoms with van der Waals surface area (Å²) in [4.78, 5) is 38.5. The molecule has 2 N–H and O–H groups in total. The molecule has 144 valence electrons. The van der Waals surface area contributed by atoms with Gasteiger partial charge >= 0.3 is 0 Å². The number of carbonyl (C=O) groups is 2. The number of carbonyl (C=O) groups excluding carboxylic acids is 2. The van der Waals surface area contributed by atoms with Crippen molar-refractivity contribution in [2.45, 2.75) is 32.6 Å². The van der Waals surface area contributed by atoms with Crippen LogP contribution in [0.2, 0.25) is 0 Å². The fraction of sp³-hybridized carbons (Fsp3) is 0.450. The summed E-state index contributed by atoms with van der Waals surface area (Å²) >= 11 is 0. The lowest BCUT2D eigenvalue weighted by molar-refractivity contribution is -0.120. The summed E-state index contributed by atoms with van der Waals surface area (Å²) in [5.41, 5.74) is -0.115. The number of aldehydes is 1. The molecule has 0 radical (unpaired) electrons. The Morgan fingerprint density at radius 3 is 2.74 bits per heavy atom. The molecule has 1 aliphatic rings. The summed E-state index contributed by atoms with van der Waals surface area (Å²) in [6, 6.07) is 2.68. The van der Waals surface area contributed by atoms with Gasteiger partial charge in [0.15, 0.2) is 17.3 Å². The predicted octanol–water partition coefficient (Wildman–Crippen LogP) is 1.76. The number of nitrogens with zero attached hydrogens (tertiary/aromatic N) is 1. The molecule has 1 aromatic carbocycles. The number of aryl methyl sites for hydroxylation is 1. The zero-order valence-electron chi connectivity index (χ0n) is 15.4. The SMILES string of the molecule is Cc1oc2c(C=O)c(O)ccc2c(=O)c1CC(=O)NCCN1CCCCC1. The number of rotatable bonds is 6. The highest BCUT2D eigenvalue weighted by Crippen LogP contribution is 2.25. The summed E-state index contributed by atoms with van der Waals surface area (Å²) in [6.07, 6.45) is 4.03. The van der Waals surface area contributed by atoms with E-state index in [0.717, 1.165) is 19.6 Å². The lowest BCUT2D eigenvalue weighted by Crippen LogP contribution is -2.38. The number of amides is 1. The molecule has 1 amide bonds. The summed E-state index contributed by atoms with van der Waals surface area (Å²) in [7, 11) is 0. The van der Waals surface area contributed by atoms with Crippen LogP contribution in [0.1, 0.15) is 40.9 Å². The zero-order chi connectivity index (χ0) is 19.4. The molecule has 0 bridgehead atoms. The molecule has 0 saturated carbocycles. The summed E-state index contributed by atoms with van der Waals surface area (Å²) in [5.74, 6) is -0.216. The van der Waals surface area contributed by atoms with Gasteiger partial charge in [-0.2, -0.15) is 0 Å². The van der Waals surface area contributed by atoms with Gasteiger partial charge in [0.2, 0.25) is 5.91 Å². The number of aromatic hydroxyl groups is 1. The number of hydrogen-bond acceptors (Lipinski definition) is 6. The van der Waals surface area contributed by atoms with E-state index in [2.05, 4.69) is 10.2 Å². The number of phenols is 1. The van der Waals surface area contributed by atoms with Crippen molar-refractivity contribution < 1.29 is 19.1 Å². The van der Waals surface area contributed by atoms with Crippen molar-refractivity contribution in [2.75, 3.05) is 26.2 Å². The second-order valence-electron chi connectivity index (χ2n) is 6.89. The van der Waals surface area contributed by atoms with E-state index in [-0.39, 0.29) is 51.4 Å². The second kappa shape index (κ2) is 8.35. The highest BCUT2D eigenvalue weighted by Gasteiger charge is 2.18. The second-order valence-corrected chi connectivity index (χ2v) is 6.89. The molecule has 2 heterocycles. The molecule has 1 fully saturated rings. The number of fused-ring (bicyclic) bond motifs is 1. The Labute approximate surface area is 157 Å². The number of nitrogens with one attached hydrogen (secondary N) is 1. The number of benzene rings is 1. The van der Waals surface area contributed by atoms with Gasteiger partial charge in [0.1, 0.15) is 11.5 Å². The number of phenolic OH excluding ortho intramolecular Hbond substituents is 1. The van der Waals surface area contributed by atoms with Crippen LogP contribution in [0.5, 0.6) is 5.75 Å². The fourth-order valence-corrected chi connectivity index (χ4v) is 3.49. The van der Waals surface area contributed by atoms with E-state index >= 15 is 0 Å². The highest BCUT2D eigenvalue weighted by molar-refractivity contribution is 5.97. The number of piperidine rings is 1. The minimum Gasteiger partial charge on any atom is -0.507 e. The van der Waals surface area contributed by atoms with E-state index in [9.17, 15) is 19.5 Å². The maximum atomic E-state index is 12.7. The molecule has 3 rings (SSSR count). The monoisotopic (exact) mass is 372 g/mol. The molecule has 27 heavy (non-hydrogen) atoms. The minimum absolute atomic E-state index is 0.0433. The number of likely N-dealkylation sites (tertiary alicyclic amines) is 1. The van der Waals surface area contributed by atoms with Crippen molar-refractivity contribution in [3.63, 3.8) is 0 Å². The van der Waals surface area contributed by atoms with Crippen LogP contribution in [0.4, 0.5) is 0 Å². The first kappa shape index (κ1) is 19.1. The molecule has 0 atom stereocenters. The van der Waals surface area contributed by atoms with E-state index in [1.165, 1.54) is 31.4 Å². The molecular weight excluding hydrogens is 348 g/mol. The Hall–Kier alpha value is -2.67. The quantitative estimate of drug-likeness (QED) is 0.750. The summed E-state index contributed by atoms with van der Waals surface area (Å²) in [5, 5.41) is 12.8. The fourth-order valence-electron chi connectivity index (χ4n) is 3.49. The topological polar surface area (TPSA) is 99.8 Å². The third kappa shape index (κ3) is 4.19. The minimum atomic E-state index is -0.358. The zero-order valence-corrected chi connectivity index (χ0v) is 15.4. The molecule has 7 nitrogen and oxygen atoms in total. The van der Waals surface area contributed by atoms with Crippen molar-refractivity contribution in [2.24, 2.45) is 0 Å². The van der Waals surface area contributed by atoms with Crippen LogP contribution in [0, 0.1) is 6.92 Å². The standard InChI is InChI=1S/C20H24N2O5/c1-13-15(11-18(25)21-7-10-22-8-3-2-4-9-22)19(26)14-5-6-17(24)16(12-23)20(14)27-13/h5-6,12,24H,2-4,7-11H2,1H3,(H,21,25). The van der Waals surface area contributed by atoms with Crippen LogP contribution < -0.4 is 10.7 Å². The van der Waals surface area contributed by atoms with Crippen LogP contribution in [0.3, 0.4) is 0 Å². The van der Waals surface area contributed by atoms with Crippen LogP contribution in [-0.4, -0.2) is 48.4 Å². The number of hydrogen-bond donors (Lipinski definition) is 2. The van der Waals surface area contributed by atoms with Gasteiger partial charge in [0, 0.05) is 18.7 Å². The van der Waals surface area contributed by atoms with Crippen molar-refractivity contribution in [3.8, 4) is 5.75 Å². The molecule has 7 heteroatoms. The maximum absolute atomic E-state index is 12.7. The van der Waals surface area contributed by atoms with E-state index in [1.54, 1.807) is 6.92 Å². The third-order valence-electron chi connectivity index (χ3n) is 5.03. The Balaban J connectivity index is 1.72. The van der Waals surface area contributed by atoms with Crippen molar-refractivity contribution >= 4 is 23.2 Å². The van der Waals surface area contributed by atoms with Gasteiger partial charge in [-0.05, 0) is 45.0 Å². The summed E-state index contributed by atoms with van der Waals surface area (Å²) in [6.45, 7) is 5.05. The van der Waals surface area contributed by atoms with Gasteiger partial charge in [-0.15, -0.1) is 0 Å². The van der Waals surface area contributed by atoms with E-state index in [4.69, 9.17) is 4.42 Å². The Morgan fingerprint density at radius 1 is 1.30 bits per heavy atom. The normalized spacial score (nSPS) is 15.0. The van der Waals surface area contributed by atoms with E-state index in [1.807, 2.05) is 0 Å². The van der Waals surface area contributed by atoms with E-state index < -0.39 is 0 Å². The molecule has 0 aliphatic carbocycles. The van der Waals surface area contributed by atoms with Crippen molar-refractivity contribution in [3.05, 3.63) is 39.2 Å². The molecule has 1 saturated heterocycles. The van der Waals surface area contributed by atoms with Gasteiger partial charge in [0.25, 0.3) is 0 Å². The van der Waals surface area contributed by atoms with Crippen LogP contribution in [0.15, 0.2) is 21.3 Å². The van der Waals surface area contributed by atoms with Gasteiger partial charge < -0.3 is 19.7 Å². The van der Waals surface area contributed by atoms with Gasteiger partial charge in [0.05, 0.1) is 17.4 Å². The first-order valence-corrected chi connectivity index (χ1v) is 9.23. The van der Waals surface area contributed by atoms with E-state index in [0.29, 0.717) is 12.8 Å². The third-order valence-corrected chi connectivity index (χ3v) is 5.03. The molecule has 0 unspecified atom stereocenters. The van der Waals surface area contributed by atoms with Gasteiger partial charge in [-0.3, -0.25) is 14.4 Å². The van der Waals surface area contributed by atoms with Gasteiger partial charge in [-0.25, -0.2) is 0 Å². The first-order valence-electron chi connectivity index (χ1n) is 9.23. The van der Waals surface area contributed by atoms with Crippen molar-refractivity contribution in [1.82, 2.24) is 10.2 Å². The molecule has 2 aromatic rings. The molecule has 1 aromatic heterocycles. The van der Waals surface area contributed by atoms with Crippen LogP contribution in [0.25, 0.3) is 11.0 Å². The lowest BCUT2D eigenvalue weighted by atomic mass is 10.0. The summed E-state index contributed by atoms with van der Waals surface area (Å²) < 4.78 is 5.60. The Bertz CT molecular complexity index is 913. The smallest absolute Gasteiger partial charge is 0.224 e.